The fourth-order valence-corrected chi connectivity index (χ4v) is 2.24. The lowest BCUT2D eigenvalue weighted by molar-refractivity contribution is 0.0966. The summed E-state index contributed by atoms with van der Waals surface area (Å²) in [5.74, 6) is 0.224. The second-order valence-corrected chi connectivity index (χ2v) is 5.06. The number of nitrogens with two attached hydrogens (primary N) is 1. The monoisotopic (exact) mass is 311 g/mol. The maximum Gasteiger partial charge on any atom is 0.287 e. The molecule has 5 nitrogen and oxygen atoms in total. The first-order chi connectivity index (χ1) is 10.6. The van der Waals surface area contributed by atoms with Crippen LogP contribution in [0.15, 0.2) is 59.0 Å². The largest absolute Gasteiger partial charge is 0.409 e. The predicted octanol–water partition coefficient (Wildman–Crippen LogP) is 3.34. The molecular weight excluding hydrogens is 298 g/mol. The number of anilines is 1. The lowest BCUT2D eigenvalue weighted by Gasteiger charge is -2.00. The molecule has 0 atom stereocenters. The van der Waals surface area contributed by atoms with Gasteiger partial charge in [0.05, 0.1) is 5.56 Å². The Kier molecular flexibility index (Phi) is 3.84. The van der Waals surface area contributed by atoms with Gasteiger partial charge >= 0.3 is 0 Å². The molecule has 0 saturated heterocycles. The number of nitrogens with zero attached hydrogens (tertiary/aromatic N) is 2. The zero-order valence-corrected chi connectivity index (χ0v) is 12.4. The van der Waals surface area contributed by atoms with Gasteiger partial charge in [0.2, 0.25) is 5.89 Å². The average molecular weight is 311 g/mol. The SMILES string of the molecule is Nc1ccccc1-c1nn(CC(=O)c2ccccc2)c(=S)o1. The van der Waals surface area contributed by atoms with Crippen LogP contribution in [0.1, 0.15) is 10.4 Å². The Morgan fingerprint density at radius 3 is 2.55 bits per heavy atom. The van der Waals surface area contributed by atoms with Gasteiger partial charge in [-0.2, -0.15) is 0 Å². The van der Waals surface area contributed by atoms with Crippen LogP contribution in [0.5, 0.6) is 0 Å². The summed E-state index contributed by atoms with van der Waals surface area (Å²) in [6.07, 6.45) is 0. The summed E-state index contributed by atoms with van der Waals surface area (Å²) in [4.78, 5) is 12.3. The van der Waals surface area contributed by atoms with Gasteiger partial charge in [-0.3, -0.25) is 4.79 Å². The second kappa shape index (κ2) is 5.95. The number of aromatic nitrogens is 2. The normalized spacial score (nSPS) is 10.5. The fourth-order valence-electron chi connectivity index (χ4n) is 2.06. The van der Waals surface area contributed by atoms with Gasteiger partial charge in [0, 0.05) is 11.3 Å². The number of para-hydroxylation sites is 1. The molecule has 0 bridgehead atoms. The Hall–Kier alpha value is -2.73. The van der Waals surface area contributed by atoms with Crippen molar-refractivity contribution in [1.82, 2.24) is 9.78 Å². The predicted molar refractivity (Wildman–Crippen MR) is 85.9 cm³/mol. The molecule has 0 saturated carbocycles. The Balaban J connectivity index is 1.89. The van der Waals surface area contributed by atoms with Gasteiger partial charge < -0.3 is 10.2 Å². The molecule has 110 valence electrons. The van der Waals surface area contributed by atoms with Crippen LogP contribution in [0.2, 0.25) is 0 Å². The van der Waals surface area contributed by atoms with E-state index < -0.39 is 0 Å². The minimum absolute atomic E-state index is 0.0269. The topological polar surface area (TPSA) is 74.0 Å². The summed E-state index contributed by atoms with van der Waals surface area (Å²) in [6.45, 7) is 0.0269. The van der Waals surface area contributed by atoms with Gasteiger partial charge in [-0.25, -0.2) is 4.68 Å². The molecule has 0 radical (unpaired) electrons. The Bertz CT molecular complexity index is 868. The lowest BCUT2D eigenvalue weighted by atomic mass is 10.1. The molecule has 3 aromatic rings. The van der Waals surface area contributed by atoms with E-state index in [1.54, 1.807) is 24.3 Å². The maximum absolute atomic E-state index is 12.2. The molecule has 0 amide bonds. The zero-order chi connectivity index (χ0) is 15.5. The van der Waals surface area contributed by atoms with Crippen LogP contribution in [0.4, 0.5) is 5.69 Å². The maximum atomic E-state index is 12.2. The van der Waals surface area contributed by atoms with Crippen molar-refractivity contribution in [3.8, 4) is 11.5 Å². The van der Waals surface area contributed by atoms with Crippen LogP contribution < -0.4 is 5.73 Å². The smallest absolute Gasteiger partial charge is 0.287 e. The van der Waals surface area contributed by atoms with E-state index in [0.29, 0.717) is 22.7 Å². The van der Waals surface area contributed by atoms with Gasteiger partial charge in [0.25, 0.3) is 4.84 Å². The molecule has 0 fully saturated rings. The van der Waals surface area contributed by atoms with Crippen LogP contribution in [0.3, 0.4) is 0 Å². The molecule has 3 rings (SSSR count). The molecule has 2 N–H and O–H groups in total. The number of benzene rings is 2. The Labute approximate surface area is 132 Å². The first kappa shape index (κ1) is 14.2. The highest BCUT2D eigenvalue weighted by Crippen LogP contribution is 2.24. The molecule has 2 aromatic carbocycles. The zero-order valence-electron chi connectivity index (χ0n) is 11.6. The summed E-state index contributed by atoms with van der Waals surface area (Å²) in [7, 11) is 0. The number of hydrogen-bond acceptors (Lipinski definition) is 5. The van der Waals surface area contributed by atoms with Crippen molar-refractivity contribution >= 4 is 23.7 Å². The standard InChI is InChI=1S/C16H13N3O2S/c17-13-9-5-4-8-12(13)15-18-19(16(22)21-15)10-14(20)11-6-2-1-3-7-11/h1-9H,10,17H2. The first-order valence-corrected chi connectivity index (χ1v) is 7.07. The van der Waals surface area contributed by atoms with Gasteiger partial charge in [-0.1, -0.05) is 42.5 Å². The third kappa shape index (κ3) is 2.82. The Morgan fingerprint density at radius 1 is 1.14 bits per heavy atom. The van der Waals surface area contributed by atoms with E-state index >= 15 is 0 Å². The van der Waals surface area contributed by atoms with Crippen molar-refractivity contribution in [1.29, 1.82) is 0 Å². The fraction of sp³-hybridized carbons (Fsp3) is 0.0625. The molecule has 0 spiro atoms. The number of ketones is 1. The van der Waals surface area contributed by atoms with Crippen molar-refractivity contribution in [2.24, 2.45) is 0 Å². The summed E-state index contributed by atoms with van der Waals surface area (Å²) in [5.41, 5.74) is 7.69. The number of Topliss-reactive ketones (excluding diaryl/α,β-unsaturated/α-hetero) is 1. The van der Waals surface area contributed by atoms with Crippen molar-refractivity contribution < 1.29 is 9.21 Å². The molecule has 6 heteroatoms. The van der Waals surface area contributed by atoms with Crippen LogP contribution in [-0.4, -0.2) is 15.6 Å². The number of carbonyl (C=O) groups is 1. The molecule has 0 aliphatic heterocycles. The van der Waals surface area contributed by atoms with E-state index in [1.807, 2.05) is 30.3 Å². The highest BCUT2D eigenvalue weighted by Gasteiger charge is 2.13. The van der Waals surface area contributed by atoms with Crippen LogP contribution in [0, 0.1) is 4.84 Å². The number of carbonyl (C=O) groups excluding carboxylic acids is 1. The highest BCUT2D eigenvalue weighted by atomic mass is 32.1. The van der Waals surface area contributed by atoms with Crippen molar-refractivity contribution in [3.63, 3.8) is 0 Å². The summed E-state index contributed by atoms with van der Waals surface area (Å²) >= 11 is 5.13. The molecular formula is C16H13N3O2S. The number of nitrogen functional groups attached to an aromatic ring is 1. The van der Waals surface area contributed by atoms with E-state index in [1.165, 1.54) is 4.68 Å². The van der Waals surface area contributed by atoms with E-state index in [4.69, 9.17) is 22.4 Å². The minimum Gasteiger partial charge on any atom is -0.409 e. The van der Waals surface area contributed by atoms with Crippen molar-refractivity contribution in [2.45, 2.75) is 6.54 Å². The molecule has 22 heavy (non-hydrogen) atoms. The van der Waals surface area contributed by atoms with E-state index in [2.05, 4.69) is 5.10 Å². The summed E-state index contributed by atoms with van der Waals surface area (Å²) < 4.78 is 6.82. The number of hydrogen-bond donors (Lipinski definition) is 1. The van der Waals surface area contributed by atoms with E-state index in [0.717, 1.165) is 0 Å². The molecule has 0 unspecified atom stereocenters. The van der Waals surface area contributed by atoms with Crippen LogP contribution >= 0.6 is 12.2 Å². The van der Waals surface area contributed by atoms with Crippen LogP contribution in [-0.2, 0) is 6.54 Å². The molecule has 1 aromatic heterocycles. The lowest BCUT2D eigenvalue weighted by Crippen LogP contribution is -2.11. The van der Waals surface area contributed by atoms with E-state index in [-0.39, 0.29) is 17.2 Å². The second-order valence-electron chi connectivity index (χ2n) is 4.71. The first-order valence-electron chi connectivity index (χ1n) is 6.66. The quantitative estimate of drug-likeness (QED) is 0.454. The third-order valence-corrected chi connectivity index (χ3v) is 3.48. The third-order valence-electron chi connectivity index (χ3n) is 3.19. The summed E-state index contributed by atoms with van der Waals surface area (Å²) in [5, 5.41) is 4.25. The van der Waals surface area contributed by atoms with Gasteiger partial charge in [0.15, 0.2) is 5.78 Å². The minimum atomic E-state index is -0.0856. The van der Waals surface area contributed by atoms with Gasteiger partial charge in [-0.15, -0.1) is 5.10 Å². The van der Waals surface area contributed by atoms with Crippen molar-refractivity contribution in [3.05, 3.63) is 65.0 Å². The van der Waals surface area contributed by atoms with Crippen LogP contribution in [0.25, 0.3) is 11.5 Å². The molecule has 1 heterocycles. The van der Waals surface area contributed by atoms with Crippen molar-refractivity contribution in [2.75, 3.05) is 5.73 Å². The highest BCUT2D eigenvalue weighted by molar-refractivity contribution is 7.71. The number of rotatable bonds is 4. The van der Waals surface area contributed by atoms with E-state index in [9.17, 15) is 4.79 Å². The average Bonchev–Trinajstić information content (AvgIpc) is 2.89. The molecule has 0 aliphatic carbocycles. The molecule has 0 aliphatic rings. The summed E-state index contributed by atoms with van der Waals surface area (Å²) in [6, 6.07) is 16.2. The van der Waals surface area contributed by atoms with Gasteiger partial charge in [0.1, 0.15) is 6.54 Å². The van der Waals surface area contributed by atoms with Gasteiger partial charge in [-0.05, 0) is 24.4 Å². The Morgan fingerprint density at radius 2 is 1.82 bits per heavy atom.